The molecule has 0 fully saturated rings. The van der Waals surface area contributed by atoms with Gasteiger partial charge in [-0.05, 0) is 42.3 Å². The molecule has 0 bridgehead atoms. The van der Waals surface area contributed by atoms with Gasteiger partial charge in [0.25, 0.3) is 0 Å². The monoisotopic (exact) mass is 347 g/mol. The normalized spacial score (nSPS) is 11.8. The van der Waals surface area contributed by atoms with Crippen LogP contribution in [0, 0.1) is 41.5 Å². The molecule has 25 heavy (non-hydrogen) atoms. The molecule has 2 N–H and O–H groups in total. The second kappa shape index (κ2) is 7.62. The largest absolute Gasteiger partial charge is 0.404 e. The summed E-state index contributed by atoms with van der Waals surface area (Å²) < 4.78 is 55.0. The van der Waals surface area contributed by atoms with E-state index in [0.29, 0.717) is 5.56 Å². The third kappa shape index (κ3) is 4.04. The Morgan fingerprint density at radius 1 is 1.08 bits per heavy atom. The zero-order valence-corrected chi connectivity index (χ0v) is 13.2. The summed E-state index contributed by atoms with van der Waals surface area (Å²) in [5, 5.41) is 8.62. The predicted octanol–water partition coefficient (Wildman–Crippen LogP) is 3.99. The van der Waals surface area contributed by atoms with Crippen LogP contribution >= 0.6 is 0 Å². The smallest absolute Gasteiger partial charge is 0.144 e. The van der Waals surface area contributed by atoms with Crippen molar-refractivity contribution in [1.29, 1.82) is 5.26 Å². The molecule has 3 nitrogen and oxygen atoms in total. The van der Waals surface area contributed by atoms with Gasteiger partial charge in [0.05, 0.1) is 12.1 Å². The molecule has 2 aromatic carbocycles. The average Bonchev–Trinajstić information content (AvgIpc) is 2.52. The first-order valence-corrected chi connectivity index (χ1v) is 7.13. The lowest BCUT2D eigenvalue weighted by Crippen LogP contribution is -2.00. The molecule has 0 saturated heterocycles. The van der Waals surface area contributed by atoms with Crippen LogP contribution in [-0.4, -0.2) is 6.21 Å². The van der Waals surface area contributed by atoms with E-state index in [0.717, 1.165) is 36.7 Å². The van der Waals surface area contributed by atoms with E-state index in [1.54, 1.807) is 6.92 Å². The Labute approximate surface area is 141 Å². The maximum absolute atomic E-state index is 14.0. The van der Waals surface area contributed by atoms with Crippen LogP contribution in [-0.2, 0) is 6.54 Å². The molecule has 0 unspecified atom stereocenters. The molecule has 0 amide bonds. The number of halogens is 4. The second-order valence-corrected chi connectivity index (χ2v) is 5.24. The van der Waals surface area contributed by atoms with Crippen molar-refractivity contribution in [1.82, 2.24) is 0 Å². The Kier molecular flexibility index (Phi) is 5.55. The van der Waals surface area contributed by atoms with E-state index in [4.69, 9.17) is 11.0 Å². The number of hydrogen-bond donors (Lipinski definition) is 1. The Morgan fingerprint density at radius 2 is 1.64 bits per heavy atom. The predicted molar refractivity (Wildman–Crippen MR) is 86.5 cm³/mol. The van der Waals surface area contributed by atoms with Crippen LogP contribution in [0.5, 0.6) is 0 Å². The highest BCUT2D eigenvalue weighted by atomic mass is 19.1. The summed E-state index contributed by atoms with van der Waals surface area (Å²) in [6.45, 7) is 1.38. The van der Waals surface area contributed by atoms with Crippen molar-refractivity contribution in [2.45, 2.75) is 13.5 Å². The molecule has 128 valence electrons. The van der Waals surface area contributed by atoms with E-state index in [-0.39, 0.29) is 23.2 Å². The standard InChI is InChI=1S/C18H13F4N3/c1-10-2-16(21)18(17(22)3-10)12(6-23)9-25-8-11-4-14(19)13(7-24)15(20)5-11/h2-6,9H,8,23H2,1H3/b12-6+,25-9?. The fraction of sp³-hybridized carbons (Fsp3) is 0.111. The van der Waals surface area contributed by atoms with Gasteiger partial charge in [-0.3, -0.25) is 4.99 Å². The van der Waals surface area contributed by atoms with Crippen molar-refractivity contribution in [3.63, 3.8) is 0 Å². The van der Waals surface area contributed by atoms with Gasteiger partial charge in [-0.1, -0.05) is 0 Å². The number of aryl methyl sites for hydroxylation is 1. The Hall–Kier alpha value is -3.14. The molecule has 0 aliphatic heterocycles. The second-order valence-electron chi connectivity index (χ2n) is 5.24. The lowest BCUT2D eigenvalue weighted by molar-refractivity contribution is 0.573. The molecule has 0 aromatic heterocycles. The molecular weight excluding hydrogens is 334 g/mol. The Bertz CT molecular complexity index is 865. The summed E-state index contributed by atoms with van der Waals surface area (Å²) in [4.78, 5) is 3.91. The van der Waals surface area contributed by atoms with Gasteiger partial charge >= 0.3 is 0 Å². The number of hydrogen-bond acceptors (Lipinski definition) is 3. The van der Waals surface area contributed by atoms with Gasteiger partial charge in [-0.2, -0.15) is 5.26 Å². The number of rotatable bonds is 4. The Morgan fingerprint density at radius 3 is 2.12 bits per heavy atom. The summed E-state index contributed by atoms with van der Waals surface area (Å²) >= 11 is 0. The quantitative estimate of drug-likeness (QED) is 0.671. The van der Waals surface area contributed by atoms with Crippen LogP contribution in [0.25, 0.3) is 5.57 Å². The van der Waals surface area contributed by atoms with Crippen LogP contribution in [0.2, 0.25) is 0 Å². The molecule has 0 aliphatic carbocycles. The topological polar surface area (TPSA) is 62.2 Å². The number of benzene rings is 2. The first kappa shape index (κ1) is 18.2. The molecule has 0 spiro atoms. The number of nitrogens with zero attached hydrogens (tertiary/aromatic N) is 2. The van der Waals surface area contributed by atoms with Crippen molar-refractivity contribution in [3.8, 4) is 6.07 Å². The molecule has 0 heterocycles. The number of aliphatic imine (C=N–C) groups is 1. The van der Waals surface area contributed by atoms with Crippen LogP contribution in [0.1, 0.15) is 22.3 Å². The summed E-state index contributed by atoms with van der Waals surface area (Å²) in [6, 6.07) is 5.66. The van der Waals surface area contributed by atoms with Crippen LogP contribution in [0.4, 0.5) is 17.6 Å². The van der Waals surface area contributed by atoms with Gasteiger partial charge in [0.1, 0.15) is 34.9 Å². The number of nitriles is 1. The maximum atomic E-state index is 14.0. The SMILES string of the molecule is Cc1cc(F)c(/C(C=NCc2cc(F)c(C#N)c(F)c2)=C/N)c(F)c1. The van der Waals surface area contributed by atoms with Crippen molar-refractivity contribution in [3.05, 3.63) is 76.0 Å². The number of nitrogens with two attached hydrogens (primary N) is 1. The van der Waals surface area contributed by atoms with Gasteiger partial charge in [-0.15, -0.1) is 0 Å². The highest BCUT2D eigenvalue weighted by Gasteiger charge is 2.14. The zero-order chi connectivity index (χ0) is 18.6. The van der Waals surface area contributed by atoms with Gasteiger partial charge in [-0.25, -0.2) is 17.6 Å². The lowest BCUT2D eigenvalue weighted by Gasteiger charge is -2.07. The van der Waals surface area contributed by atoms with E-state index < -0.39 is 28.8 Å². The first-order chi connectivity index (χ1) is 11.9. The van der Waals surface area contributed by atoms with Crippen LogP contribution in [0.15, 0.2) is 35.5 Å². The average molecular weight is 347 g/mol. The van der Waals surface area contributed by atoms with E-state index in [1.807, 2.05) is 0 Å². The summed E-state index contributed by atoms with van der Waals surface area (Å²) in [6.07, 6.45) is 2.10. The van der Waals surface area contributed by atoms with Gasteiger partial charge in [0.15, 0.2) is 0 Å². The fourth-order valence-electron chi connectivity index (χ4n) is 2.24. The molecule has 0 saturated carbocycles. The van der Waals surface area contributed by atoms with Crippen LogP contribution in [0.3, 0.4) is 0 Å². The van der Waals surface area contributed by atoms with Gasteiger partial charge < -0.3 is 5.73 Å². The van der Waals surface area contributed by atoms with Crippen molar-refractivity contribution >= 4 is 11.8 Å². The minimum atomic E-state index is -1.00. The Balaban J connectivity index is 2.26. The fourth-order valence-corrected chi connectivity index (χ4v) is 2.24. The molecule has 0 radical (unpaired) electrons. The van der Waals surface area contributed by atoms with Crippen molar-refractivity contribution < 1.29 is 17.6 Å². The molecule has 0 atom stereocenters. The van der Waals surface area contributed by atoms with E-state index in [2.05, 4.69) is 4.99 Å². The molecule has 2 rings (SSSR count). The van der Waals surface area contributed by atoms with E-state index >= 15 is 0 Å². The summed E-state index contributed by atoms with van der Waals surface area (Å²) in [5.41, 5.74) is 4.94. The highest BCUT2D eigenvalue weighted by molar-refractivity contribution is 6.09. The first-order valence-electron chi connectivity index (χ1n) is 7.13. The van der Waals surface area contributed by atoms with E-state index in [9.17, 15) is 17.6 Å². The number of allylic oxidation sites excluding steroid dienone is 1. The molecule has 0 aliphatic rings. The van der Waals surface area contributed by atoms with E-state index in [1.165, 1.54) is 6.07 Å². The van der Waals surface area contributed by atoms with Gasteiger partial charge in [0.2, 0.25) is 0 Å². The molecule has 7 heteroatoms. The van der Waals surface area contributed by atoms with Crippen molar-refractivity contribution in [2.75, 3.05) is 0 Å². The lowest BCUT2D eigenvalue weighted by atomic mass is 10.0. The highest BCUT2D eigenvalue weighted by Crippen LogP contribution is 2.22. The summed E-state index contributed by atoms with van der Waals surface area (Å²) in [5.74, 6) is -3.59. The van der Waals surface area contributed by atoms with Gasteiger partial charge in [0, 0.05) is 18.0 Å². The maximum Gasteiger partial charge on any atom is 0.144 e. The van der Waals surface area contributed by atoms with Crippen LogP contribution < -0.4 is 5.73 Å². The third-order valence-electron chi connectivity index (χ3n) is 3.37. The zero-order valence-electron chi connectivity index (χ0n) is 13.2. The third-order valence-corrected chi connectivity index (χ3v) is 3.37. The molecule has 2 aromatic rings. The molecular formula is C18H13F4N3. The minimum absolute atomic E-state index is 0.00964. The minimum Gasteiger partial charge on any atom is -0.404 e. The van der Waals surface area contributed by atoms with Crippen molar-refractivity contribution in [2.24, 2.45) is 10.7 Å². The summed E-state index contributed by atoms with van der Waals surface area (Å²) in [7, 11) is 0.